The van der Waals surface area contributed by atoms with Gasteiger partial charge < -0.3 is 21.1 Å². The lowest BCUT2D eigenvalue weighted by Gasteiger charge is -2.37. The SMILES string of the molecule is Cc1ncc(-c2cc(C(F)(F)F)c3c(N)ncnn23)cc1C(=O)N[C@@H]1CN(C(=O)C2(O)CCC2)C[C@@H]1F. The Labute approximate surface area is 207 Å². The largest absolute Gasteiger partial charge is 0.418 e. The van der Waals surface area contributed by atoms with E-state index in [1.165, 1.54) is 24.1 Å². The molecule has 3 aromatic heterocycles. The van der Waals surface area contributed by atoms with Gasteiger partial charge >= 0.3 is 6.18 Å². The number of aliphatic hydroxyl groups is 1. The summed E-state index contributed by atoms with van der Waals surface area (Å²) < 4.78 is 56.7. The number of nitrogens with two attached hydrogens (primary N) is 1. The lowest BCUT2D eigenvalue weighted by molar-refractivity contribution is -0.159. The molecule has 4 N–H and O–H groups in total. The molecule has 1 saturated heterocycles. The summed E-state index contributed by atoms with van der Waals surface area (Å²) in [7, 11) is 0. The molecule has 0 radical (unpaired) electrons. The Morgan fingerprint density at radius 2 is 1.95 bits per heavy atom. The fraction of sp³-hybridized carbons (Fsp3) is 0.435. The number of hydrogen-bond donors (Lipinski definition) is 3. The maximum absolute atomic E-state index is 14.7. The van der Waals surface area contributed by atoms with E-state index >= 15 is 0 Å². The molecule has 196 valence electrons. The molecule has 1 aliphatic heterocycles. The Kier molecular flexibility index (Phi) is 5.81. The number of halogens is 4. The van der Waals surface area contributed by atoms with Crippen LogP contribution in [0.5, 0.6) is 0 Å². The smallest absolute Gasteiger partial charge is 0.382 e. The van der Waals surface area contributed by atoms with Crippen LogP contribution in [-0.2, 0) is 11.0 Å². The number of nitrogen functional groups attached to an aromatic ring is 1. The maximum Gasteiger partial charge on any atom is 0.418 e. The van der Waals surface area contributed by atoms with Crippen LogP contribution in [0.4, 0.5) is 23.4 Å². The van der Waals surface area contributed by atoms with Crippen molar-refractivity contribution in [1.82, 2.24) is 29.8 Å². The zero-order chi connectivity index (χ0) is 26.7. The second-order valence-electron chi connectivity index (χ2n) is 9.39. The second kappa shape index (κ2) is 8.64. The number of anilines is 1. The summed E-state index contributed by atoms with van der Waals surface area (Å²) >= 11 is 0. The summed E-state index contributed by atoms with van der Waals surface area (Å²) in [5.74, 6) is -1.63. The van der Waals surface area contributed by atoms with E-state index < -0.39 is 46.9 Å². The van der Waals surface area contributed by atoms with Crippen molar-refractivity contribution < 1.29 is 32.3 Å². The lowest BCUT2D eigenvalue weighted by atomic mass is 9.79. The Balaban J connectivity index is 1.42. The van der Waals surface area contributed by atoms with Crippen molar-refractivity contribution in [1.29, 1.82) is 0 Å². The first-order valence-corrected chi connectivity index (χ1v) is 11.5. The molecule has 0 aromatic carbocycles. The first-order chi connectivity index (χ1) is 17.4. The number of alkyl halides is 4. The van der Waals surface area contributed by atoms with Crippen molar-refractivity contribution in [3.05, 3.63) is 41.5 Å². The zero-order valence-electron chi connectivity index (χ0n) is 19.6. The van der Waals surface area contributed by atoms with Gasteiger partial charge in [0, 0.05) is 18.3 Å². The lowest BCUT2D eigenvalue weighted by Crippen LogP contribution is -2.53. The molecule has 37 heavy (non-hydrogen) atoms. The van der Waals surface area contributed by atoms with Gasteiger partial charge in [-0.1, -0.05) is 0 Å². The van der Waals surface area contributed by atoms with Gasteiger partial charge in [0.05, 0.1) is 35.1 Å². The third kappa shape index (κ3) is 4.24. The number of carbonyl (C=O) groups excluding carboxylic acids is 2. The topological polar surface area (TPSA) is 139 Å². The highest BCUT2D eigenvalue weighted by Gasteiger charge is 2.48. The van der Waals surface area contributed by atoms with Crippen molar-refractivity contribution in [2.75, 3.05) is 18.8 Å². The number of aromatic nitrogens is 4. The highest BCUT2D eigenvalue weighted by atomic mass is 19.4. The molecule has 1 saturated carbocycles. The van der Waals surface area contributed by atoms with Gasteiger partial charge in [-0.3, -0.25) is 14.6 Å². The van der Waals surface area contributed by atoms with Gasteiger partial charge in [0.1, 0.15) is 23.6 Å². The predicted molar refractivity (Wildman–Crippen MR) is 122 cm³/mol. The van der Waals surface area contributed by atoms with Gasteiger partial charge in [0.15, 0.2) is 5.82 Å². The molecule has 3 aromatic rings. The van der Waals surface area contributed by atoms with Crippen molar-refractivity contribution in [3.8, 4) is 11.3 Å². The summed E-state index contributed by atoms with van der Waals surface area (Å²) in [6, 6.07) is 1.15. The van der Waals surface area contributed by atoms with Gasteiger partial charge in [-0.05, 0) is 38.3 Å². The van der Waals surface area contributed by atoms with Crippen molar-refractivity contribution in [2.45, 2.75) is 50.2 Å². The van der Waals surface area contributed by atoms with Gasteiger partial charge in [-0.25, -0.2) is 13.9 Å². The zero-order valence-corrected chi connectivity index (χ0v) is 19.6. The molecule has 4 heterocycles. The highest BCUT2D eigenvalue weighted by molar-refractivity contribution is 5.97. The molecule has 5 rings (SSSR count). The number of aryl methyl sites for hydroxylation is 1. The summed E-state index contributed by atoms with van der Waals surface area (Å²) in [5.41, 5.74) is 3.14. The summed E-state index contributed by atoms with van der Waals surface area (Å²) in [4.78, 5) is 34.6. The normalized spacial score (nSPS) is 21.2. The molecule has 0 unspecified atom stereocenters. The molecule has 14 heteroatoms. The molecule has 10 nitrogen and oxygen atoms in total. The van der Waals surface area contributed by atoms with Crippen LogP contribution in [0.15, 0.2) is 24.7 Å². The van der Waals surface area contributed by atoms with Crippen LogP contribution in [0, 0.1) is 6.92 Å². The van der Waals surface area contributed by atoms with Crippen molar-refractivity contribution in [3.63, 3.8) is 0 Å². The Morgan fingerprint density at radius 1 is 1.22 bits per heavy atom. The Bertz CT molecular complexity index is 1400. The van der Waals surface area contributed by atoms with E-state index in [2.05, 4.69) is 20.4 Å². The average molecular weight is 521 g/mol. The van der Waals surface area contributed by atoms with E-state index in [1.807, 2.05) is 0 Å². The number of fused-ring (bicyclic) bond motifs is 1. The van der Waals surface area contributed by atoms with Gasteiger partial charge in [0.25, 0.3) is 11.8 Å². The number of pyridine rings is 1. The molecular formula is C23H23F4N7O3. The fourth-order valence-corrected chi connectivity index (χ4v) is 4.72. The third-order valence-corrected chi connectivity index (χ3v) is 6.95. The number of likely N-dealkylation sites (tertiary alicyclic amines) is 1. The quantitative estimate of drug-likeness (QED) is 0.446. The number of hydrogen-bond acceptors (Lipinski definition) is 7. The predicted octanol–water partition coefficient (Wildman–Crippen LogP) is 1.89. The van der Waals surface area contributed by atoms with Crippen LogP contribution >= 0.6 is 0 Å². The first kappa shape index (κ1) is 24.9. The molecule has 2 fully saturated rings. The van der Waals surface area contributed by atoms with E-state index in [0.717, 1.165) is 16.9 Å². The van der Waals surface area contributed by atoms with Crippen LogP contribution < -0.4 is 11.1 Å². The van der Waals surface area contributed by atoms with E-state index in [9.17, 15) is 32.3 Å². The molecule has 0 bridgehead atoms. The standard InChI is InChI=1S/C23H23F4N7O3/c1-11-13(20(35)32-16-9-33(8-15(16)24)21(36)22(37)3-2-4-22)5-12(7-29-11)17-6-14(23(25,26)27)18-19(28)30-10-31-34(17)18/h5-7,10,15-16,37H,2-4,8-9H2,1H3,(H,32,35)(H2,28,30,31)/t15-,16+/m0/s1. The molecular weight excluding hydrogens is 498 g/mol. The maximum atomic E-state index is 14.7. The number of amides is 2. The van der Waals surface area contributed by atoms with Crippen LogP contribution in [0.1, 0.15) is 40.9 Å². The second-order valence-corrected chi connectivity index (χ2v) is 9.39. The van der Waals surface area contributed by atoms with Gasteiger partial charge in [0.2, 0.25) is 0 Å². The minimum absolute atomic E-state index is 0.0117. The number of nitrogens with zero attached hydrogens (tertiary/aromatic N) is 5. The number of carbonyl (C=O) groups is 2. The third-order valence-electron chi connectivity index (χ3n) is 6.95. The first-order valence-electron chi connectivity index (χ1n) is 11.5. The molecule has 1 aliphatic carbocycles. The van der Waals surface area contributed by atoms with Crippen LogP contribution in [0.25, 0.3) is 16.8 Å². The van der Waals surface area contributed by atoms with Crippen LogP contribution in [0.2, 0.25) is 0 Å². The number of nitrogens with one attached hydrogen (secondary N) is 1. The summed E-state index contributed by atoms with van der Waals surface area (Å²) in [6.45, 7) is 1.15. The molecule has 2 atom stereocenters. The van der Waals surface area contributed by atoms with Crippen molar-refractivity contribution >= 4 is 23.1 Å². The van der Waals surface area contributed by atoms with Crippen molar-refractivity contribution in [2.24, 2.45) is 0 Å². The Morgan fingerprint density at radius 3 is 2.59 bits per heavy atom. The molecule has 0 spiro atoms. The number of rotatable bonds is 4. The molecule has 2 aliphatic rings. The van der Waals surface area contributed by atoms with E-state index in [1.54, 1.807) is 0 Å². The van der Waals surface area contributed by atoms with Crippen LogP contribution in [-0.4, -0.2) is 72.3 Å². The minimum atomic E-state index is -4.74. The summed E-state index contributed by atoms with van der Waals surface area (Å²) in [6.07, 6.45) is -2.66. The van der Waals surface area contributed by atoms with Crippen LogP contribution in [0.3, 0.4) is 0 Å². The van der Waals surface area contributed by atoms with Gasteiger partial charge in [-0.15, -0.1) is 0 Å². The average Bonchev–Trinajstić information content (AvgIpc) is 3.39. The Hall–Kier alpha value is -3.81. The monoisotopic (exact) mass is 521 g/mol. The fourth-order valence-electron chi connectivity index (χ4n) is 4.72. The summed E-state index contributed by atoms with van der Waals surface area (Å²) in [5, 5.41) is 16.7. The van der Waals surface area contributed by atoms with E-state index in [-0.39, 0.29) is 41.4 Å². The molecule has 2 amide bonds. The minimum Gasteiger partial charge on any atom is -0.382 e. The van der Waals surface area contributed by atoms with E-state index in [4.69, 9.17) is 5.73 Å². The highest BCUT2D eigenvalue weighted by Crippen LogP contribution is 2.39. The van der Waals surface area contributed by atoms with E-state index in [0.29, 0.717) is 19.3 Å². The van der Waals surface area contributed by atoms with Gasteiger partial charge in [-0.2, -0.15) is 18.3 Å².